The number of benzene rings is 1. The van der Waals surface area contributed by atoms with Gasteiger partial charge in [0.2, 0.25) is 5.75 Å². The highest BCUT2D eigenvalue weighted by molar-refractivity contribution is 6.30. The molecule has 160 valence electrons. The quantitative estimate of drug-likeness (QED) is 0.704. The van der Waals surface area contributed by atoms with Crippen molar-refractivity contribution in [2.24, 2.45) is 5.73 Å². The minimum Gasteiger partial charge on any atom is -0.493 e. The van der Waals surface area contributed by atoms with Crippen LogP contribution in [-0.2, 0) is 4.79 Å². The van der Waals surface area contributed by atoms with Crippen LogP contribution in [0.5, 0.6) is 17.2 Å². The molecule has 30 heavy (non-hydrogen) atoms. The van der Waals surface area contributed by atoms with Gasteiger partial charge in [0.1, 0.15) is 5.82 Å². The van der Waals surface area contributed by atoms with E-state index < -0.39 is 5.91 Å². The number of amides is 2. The maximum absolute atomic E-state index is 13.0. The van der Waals surface area contributed by atoms with E-state index >= 15 is 0 Å². The van der Waals surface area contributed by atoms with Gasteiger partial charge in [-0.25, -0.2) is 4.98 Å². The lowest BCUT2D eigenvalue weighted by Gasteiger charge is -2.35. The number of methoxy groups -OCH3 is 2. The Labute approximate surface area is 179 Å². The number of pyridine rings is 1. The van der Waals surface area contributed by atoms with Gasteiger partial charge < -0.3 is 29.7 Å². The third-order valence-electron chi connectivity index (χ3n) is 4.67. The molecule has 2 amide bonds. The van der Waals surface area contributed by atoms with Crippen molar-refractivity contribution >= 4 is 29.2 Å². The number of ether oxygens (including phenoxy) is 3. The summed E-state index contributed by atoms with van der Waals surface area (Å²) in [6.07, 6.45) is 1.61. The SMILES string of the molecule is COc1cc(C(=O)N2CCN(c3ccc(Cl)cn3)CC2)cc(OC)c1OCC(N)=O. The van der Waals surface area contributed by atoms with Gasteiger partial charge in [-0.2, -0.15) is 0 Å². The number of halogens is 1. The van der Waals surface area contributed by atoms with Crippen LogP contribution >= 0.6 is 11.6 Å². The molecule has 0 bridgehead atoms. The van der Waals surface area contributed by atoms with Crippen molar-refractivity contribution in [1.29, 1.82) is 0 Å². The molecule has 2 heterocycles. The van der Waals surface area contributed by atoms with Crippen LogP contribution in [0.2, 0.25) is 5.02 Å². The van der Waals surface area contributed by atoms with Gasteiger partial charge in [-0.05, 0) is 24.3 Å². The van der Waals surface area contributed by atoms with Gasteiger partial charge in [0, 0.05) is 37.9 Å². The Kier molecular flexibility index (Phi) is 6.83. The molecular weight excluding hydrogens is 412 g/mol. The van der Waals surface area contributed by atoms with Gasteiger partial charge in [0.25, 0.3) is 11.8 Å². The van der Waals surface area contributed by atoms with Gasteiger partial charge in [0.05, 0.1) is 19.2 Å². The molecule has 0 unspecified atom stereocenters. The van der Waals surface area contributed by atoms with Crippen molar-refractivity contribution in [3.63, 3.8) is 0 Å². The molecular formula is C20H23ClN4O5. The monoisotopic (exact) mass is 434 g/mol. The Morgan fingerprint density at radius 2 is 1.73 bits per heavy atom. The summed E-state index contributed by atoms with van der Waals surface area (Å²) in [6, 6.07) is 6.78. The van der Waals surface area contributed by atoms with Crippen molar-refractivity contribution in [2.75, 3.05) is 51.9 Å². The Bertz CT molecular complexity index is 889. The zero-order chi connectivity index (χ0) is 21.7. The number of hydrogen-bond donors (Lipinski definition) is 1. The van der Waals surface area contributed by atoms with Gasteiger partial charge in [-0.3, -0.25) is 9.59 Å². The molecule has 1 aliphatic rings. The maximum Gasteiger partial charge on any atom is 0.255 e. The third kappa shape index (κ3) is 4.85. The van der Waals surface area contributed by atoms with Crippen LogP contribution in [0.25, 0.3) is 0 Å². The van der Waals surface area contributed by atoms with E-state index in [1.54, 1.807) is 29.3 Å². The van der Waals surface area contributed by atoms with Crippen molar-refractivity contribution in [1.82, 2.24) is 9.88 Å². The molecule has 1 saturated heterocycles. The van der Waals surface area contributed by atoms with E-state index in [0.29, 0.717) is 36.8 Å². The summed E-state index contributed by atoms with van der Waals surface area (Å²) in [5.74, 6) is 0.815. The molecule has 0 saturated carbocycles. The first kappa shape index (κ1) is 21.5. The van der Waals surface area contributed by atoms with Gasteiger partial charge in [0.15, 0.2) is 18.1 Å². The minimum atomic E-state index is -0.632. The second-order valence-electron chi connectivity index (χ2n) is 6.58. The fraction of sp³-hybridized carbons (Fsp3) is 0.350. The first-order valence-electron chi connectivity index (χ1n) is 9.25. The molecule has 0 atom stereocenters. The molecule has 2 aromatic rings. The fourth-order valence-electron chi connectivity index (χ4n) is 3.17. The first-order valence-corrected chi connectivity index (χ1v) is 9.63. The van der Waals surface area contributed by atoms with Crippen LogP contribution in [0.1, 0.15) is 10.4 Å². The van der Waals surface area contributed by atoms with E-state index in [-0.39, 0.29) is 29.8 Å². The Balaban J connectivity index is 1.73. The van der Waals surface area contributed by atoms with E-state index in [2.05, 4.69) is 9.88 Å². The predicted octanol–water partition coefficient (Wildman–Crippen LogP) is 1.58. The Hall–Kier alpha value is -3.20. The number of nitrogens with zero attached hydrogens (tertiary/aromatic N) is 3. The fourth-order valence-corrected chi connectivity index (χ4v) is 3.28. The molecule has 1 fully saturated rings. The Morgan fingerprint density at radius 3 is 2.23 bits per heavy atom. The molecule has 3 rings (SSSR count). The number of carbonyl (C=O) groups excluding carboxylic acids is 2. The molecule has 1 aliphatic heterocycles. The molecule has 9 nitrogen and oxygen atoms in total. The van der Waals surface area contributed by atoms with Crippen molar-refractivity contribution < 1.29 is 23.8 Å². The number of aromatic nitrogens is 1. The van der Waals surface area contributed by atoms with Crippen LogP contribution in [0, 0.1) is 0 Å². The van der Waals surface area contributed by atoms with E-state index in [1.165, 1.54) is 14.2 Å². The standard InChI is InChI=1S/C20H23ClN4O5/c1-28-15-9-13(10-16(29-2)19(15)30-12-17(22)26)20(27)25-7-5-24(6-8-25)18-4-3-14(21)11-23-18/h3-4,9-11H,5-8,12H2,1-2H3,(H2,22,26). The number of rotatable bonds is 7. The highest BCUT2D eigenvalue weighted by Crippen LogP contribution is 2.39. The zero-order valence-corrected chi connectivity index (χ0v) is 17.5. The molecule has 0 aliphatic carbocycles. The van der Waals surface area contributed by atoms with E-state index in [4.69, 9.17) is 31.5 Å². The highest BCUT2D eigenvalue weighted by Gasteiger charge is 2.25. The minimum absolute atomic E-state index is 0.156. The van der Waals surface area contributed by atoms with Gasteiger partial charge in [-0.15, -0.1) is 0 Å². The van der Waals surface area contributed by atoms with Crippen molar-refractivity contribution in [3.05, 3.63) is 41.0 Å². The normalized spacial score (nSPS) is 13.7. The molecule has 2 N–H and O–H groups in total. The summed E-state index contributed by atoms with van der Waals surface area (Å²) < 4.78 is 16.0. The maximum atomic E-state index is 13.0. The van der Waals surface area contributed by atoms with Crippen LogP contribution in [0.15, 0.2) is 30.5 Å². The Morgan fingerprint density at radius 1 is 1.10 bits per heavy atom. The number of hydrogen-bond acceptors (Lipinski definition) is 7. The third-order valence-corrected chi connectivity index (χ3v) is 4.89. The number of primary amides is 1. The van der Waals surface area contributed by atoms with Crippen LogP contribution in [0.4, 0.5) is 5.82 Å². The molecule has 0 radical (unpaired) electrons. The summed E-state index contributed by atoms with van der Waals surface area (Å²) in [4.78, 5) is 32.3. The largest absolute Gasteiger partial charge is 0.493 e. The van der Waals surface area contributed by atoms with E-state index in [0.717, 1.165) is 5.82 Å². The number of anilines is 1. The summed E-state index contributed by atoms with van der Waals surface area (Å²) in [6.45, 7) is 2.03. The molecule has 1 aromatic heterocycles. The second kappa shape index (κ2) is 9.53. The first-order chi connectivity index (χ1) is 14.4. The number of nitrogens with two attached hydrogens (primary N) is 1. The molecule has 0 spiro atoms. The summed E-state index contributed by atoms with van der Waals surface area (Å²) in [5.41, 5.74) is 5.53. The lowest BCUT2D eigenvalue weighted by atomic mass is 10.1. The smallest absolute Gasteiger partial charge is 0.255 e. The van der Waals surface area contributed by atoms with Gasteiger partial charge in [-0.1, -0.05) is 11.6 Å². The van der Waals surface area contributed by atoms with Crippen molar-refractivity contribution in [3.8, 4) is 17.2 Å². The molecule has 1 aromatic carbocycles. The van der Waals surface area contributed by atoms with Crippen LogP contribution < -0.4 is 24.8 Å². The lowest BCUT2D eigenvalue weighted by molar-refractivity contribution is -0.120. The van der Waals surface area contributed by atoms with Gasteiger partial charge >= 0.3 is 0 Å². The summed E-state index contributed by atoms with van der Waals surface area (Å²) >= 11 is 5.89. The number of carbonyl (C=O) groups is 2. The van der Waals surface area contributed by atoms with Crippen molar-refractivity contribution in [2.45, 2.75) is 0 Å². The molecule has 10 heteroatoms. The average molecular weight is 435 g/mol. The number of piperazine rings is 1. The topological polar surface area (TPSA) is 107 Å². The average Bonchev–Trinajstić information content (AvgIpc) is 2.77. The lowest BCUT2D eigenvalue weighted by Crippen LogP contribution is -2.49. The van der Waals surface area contributed by atoms with Crippen LogP contribution in [0.3, 0.4) is 0 Å². The second-order valence-corrected chi connectivity index (χ2v) is 7.02. The highest BCUT2D eigenvalue weighted by atomic mass is 35.5. The van der Waals surface area contributed by atoms with E-state index in [1.807, 2.05) is 6.07 Å². The van der Waals surface area contributed by atoms with Crippen LogP contribution in [-0.4, -0.2) is 68.7 Å². The summed E-state index contributed by atoms with van der Waals surface area (Å²) in [5, 5.41) is 0.582. The predicted molar refractivity (Wildman–Crippen MR) is 112 cm³/mol. The van der Waals surface area contributed by atoms with E-state index in [9.17, 15) is 9.59 Å². The summed E-state index contributed by atoms with van der Waals surface area (Å²) in [7, 11) is 2.89. The zero-order valence-electron chi connectivity index (χ0n) is 16.8.